The topological polar surface area (TPSA) is 64.2 Å². The van der Waals surface area contributed by atoms with Crippen LogP contribution < -0.4 is 5.73 Å². The number of nitrogens with zero attached hydrogens (tertiary/aromatic N) is 3. The molecular formula is C12H20N4O. The Morgan fingerprint density at radius 1 is 1.41 bits per heavy atom. The van der Waals surface area contributed by atoms with Crippen molar-refractivity contribution in [2.45, 2.75) is 25.7 Å². The quantitative estimate of drug-likeness (QED) is 0.809. The van der Waals surface area contributed by atoms with E-state index in [9.17, 15) is 4.79 Å². The van der Waals surface area contributed by atoms with Gasteiger partial charge in [-0.25, -0.2) is 4.98 Å². The second-order valence-electron chi connectivity index (χ2n) is 4.50. The van der Waals surface area contributed by atoms with Crippen LogP contribution in [0.1, 0.15) is 29.8 Å². The Hall–Kier alpha value is -1.20. The lowest BCUT2D eigenvalue weighted by atomic mass is 10.3. The molecule has 0 unspecified atom stereocenters. The number of hydrogen-bond donors (Lipinski definition) is 1. The van der Waals surface area contributed by atoms with E-state index in [4.69, 9.17) is 5.73 Å². The smallest absolute Gasteiger partial charge is 0.233 e. The van der Waals surface area contributed by atoms with E-state index in [-0.39, 0.29) is 5.91 Å². The molecule has 1 fully saturated rings. The van der Waals surface area contributed by atoms with Gasteiger partial charge >= 0.3 is 0 Å². The monoisotopic (exact) mass is 236 g/mol. The molecule has 1 aromatic heterocycles. The van der Waals surface area contributed by atoms with Crippen LogP contribution in [-0.2, 0) is 6.42 Å². The molecule has 5 nitrogen and oxygen atoms in total. The van der Waals surface area contributed by atoms with Crippen LogP contribution in [-0.4, -0.2) is 46.5 Å². The number of carbonyl (C=O) groups excluding carboxylic acids is 1. The molecule has 17 heavy (non-hydrogen) atoms. The third kappa shape index (κ3) is 3.38. The van der Waals surface area contributed by atoms with Crippen LogP contribution in [0, 0.1) is 0 Å². The maximum Gasteiger partial charge on any atom is 0.233 e. The van der Waals surface area contributed by atoms with Crippen molar-refractivity contribution in [2.24, 2.45) is 5.73 Å². The summed E-state index contributed by atoms with van der Waals surface area (Å²) in [6, 6.07) is 0. The van der Waals surface area contributed by atoms with E-state index in [1.165, 1.54) is 12.8 Å². The Balaban J connectivity index is 1.81. The van der Waals surface area contributed by atoms with Gasteiger partial charge in [0.2, 0.25) is 5.91 Å². The molecule has 1 aliphatic rings. The van der Waals surface area contributed by atoms with Gasteiger partial charge in [-0.1, -0.05) is 0 Å². The number of aromatic nitrogens is 2. The van der Waals surface area contributed by atoms with Crippen molar-refractivity contribution in [1.29, 1.82) is 0 Å². The van der Waals surface area contributed by atoms with Gasteiger partial charge in [-0.3, -0.25) is 9.36 Å². The highest BCUT2D eigenvalue weighted by atomic mass is 16.2. The maximum absolute atomic E-state index is 11.9. The van der Waals surface area contributed by atoms with Gasteiger partial charge in [0.25, 0.3) is 0 Å². The molecule has 1 saturated heterocycles. The third-order valence-corrected chi connectivity index (χ3v) is 3.17. The summed E-state index contributed by atoms with van der Waals surface area (Å²) in [6.07, 6.45) is 7.21. The van der Waals surface area contributed by atoms with Crippen LogP contribution in [0.4, 0.5) is 0 Å². The number of imidazole rings is 1. The van der Waals surface area contributed by atoms with E-state index >= 15 is 0 Å². The second-order valence-corrected chi connectivity index (χ2v) is 4.50. The fraction of sp³-hybridized carbons (Fsp3) is 0.667. The first kappa shape index (κ1) is 12.3. The van der Waals surface area contributed by atoms with Crippen molar-refractivity contribution in [2.75, 3.05) is 26.2 Å². The molecule has 2 rings (SSSR count). The van der Waals surface area contributed by atoms with Gasteiger partial charge in [0.05, 0.1) is 5.69 Å². The lowest BCUT2D eigenvalue weighted by Crippen LogP contribution is -2.24. The average Bonchev–Trinajstić information content (AvgIpc) is 2.97. The maximum atomic E-state index is 11.9. The molecule has 0 atom stereocenters. The van der Waals surface area contributed by atoms with Gasteiger partial charge in [0.1, 0.15) is 6.33 Å². The molecular weight excluding hydrogens is 216 g/mol. The van der Waals surface area contributed by atoms with Crippen molar-refractivity contribution >= 4 is 5.91 Å². The highest BCUT2D eigenvalue weighted by Gasteiger charge is 2.13. The van der Waals surface area contributed by atoms with Crippen molar-refractivity contribution in [3.8, 4) is 0 Å². The van der Waals surface area contributed by atoms with Crippen LogP contribution in [0.25, 0.3) is 0 Å². The molecule has 2 N–H and O–H groups in total. The first-order valence-corrected chi connectivity index (χ1v) is 6.28. The SMILES string of the molecule is NCCc1cn(C(=O)CCN2CCCC2)cn1. The molecule has 2 heterocycles. The van der Waals surface area contributed by atoms with Crippen molar-refractivity contribution in [3.63, 3.8) is 0 Å². The third-order valence-electron chi connectivity index (χ3n) is 3.17. The molecule has 0 aromatic carbocycles. The van der Waals surface area contributed by atoms with Crippen molar-refractivity contribution < 1.29 is 4.79 Å². The first-order valence-electron chi connectivity index (χ1n) is 6.28. The summed E-state index contributed by atoms with van der Waals surface area (Å²) >= 11 is 0. The normalized spacial score (nSPS) is 16.5. The summed E-state index contributed by atoms with van der Waals surface area (Å²) < 4.78 is 1.58. The second kappa shape index (κ2) is 5.93. The molecule has 0 spiro atoms. The van der Waals surface area contributed by atoms with Crippen LogP contribution >= 0.6 is 0 Å². The van der Waals surface area contributed by atoms with Crippen LogP contribution in [0.15, 0.2) is 12.5 Å². The molecule has 0 radical (unpaired) electrons. The van der Waals surface area contributed by atoms with Crippen LogP contribution in [0.2, 0.25) is 0 Å². The highest BCUT2D eigenvalue weighted by molar-refractivity contribution is 5.78. The van der Waals surface area contributed by atoms with Crippen LogP contribution in [0.3, 0.4) is 0 Å². The largest absolute Gasteiger partial charge is 0.330 e. The number of hydrogen-bond acceptors (Lipinski definition) is 4. The van der Waals surface area contributed by atoms with Gasteiger partial charge in [-0.05, 0) is 32.5 Å². The minimum Gasteiger partial charge on any atom is -0.330 e. The van der Waals surface area contributed by atoms with Gasteiger partial charge in [0, 0.05) is 25.6 Å². The minimum atomic E-state index is 0.118. The molecule has 94 valence electrons. The zero-order valence-electron chi connectivity index (χ0n) is 10.1. The lowest BCUT2D eigenvalue weighted by molar-refractivity contribution is 0.0888. The standard InChI is InChI=1S/C12H20N4O/c13-5-3-11-9-16(10-14-11)12(17)4-8-15-6-1-2-7-15/h9-10H,1-8,13H2. The Morgan fingerprint density at radius 3 is 2.88 bits per heavy atom. The molecule has 0 aliphatic carbocycles. The van der Waals surface area contributed by atoms with E-state index in [1.54, 1.807) is 17.1 Å². The van der Waals surface area contributed by atoms with E-state index < -0.39 is 0 Å². The van der Waals surface area contributed by atoms with E-state index in [0.717, 1.165) is 31.7 Å². The number of nitrogens with two attached hydrogens (primary N) is 1. The van der Waals surface area contributed by atoms with E-state index in [1.807, 2.05) is 0 Å². The predicted molar refractivity (Wildman–Crippen MR) is 65.9 cm³/mol. The summed E-state index contributed by atoms with van der Waals surface area (Å²) in [5.74, 6) is 0.118. The van der Waals surface area contributed by atoms with Gasteiger partial charge < -0.3 is 10.6 Å². The zero-order valence-corrected chi connectivity index (χ0v) is 10.1. The van der Waals surface area contributed by atoms with Gasteiger partial charge in [0.15, 0.2) is 0 Å². The summed E-state index contributed by atoms with van der Waals surface area (Å²) in [4.78, 5) is 18.4. The predicted octanol–water partition coefficient (Wildman–Crippen LogP) is 0.510. The molecule has 0 bridgehead atoms. The lowest BCUT2D eigenvalue weighted by Gasteiger charge is -2.13. The van der Waals surface area contributed by atoms with E-state index in [0.29, 0.717) is 13.0 Å². The Bertz CT molecular complexity index is 368. The molecule has 1 aromatic rings. The minimum absolute atomic E-state index is 0.118. The molecule has 0 saturated carbocycles. The average molecular weight is 236 g/mol. The van der Waals surface area contributed by atoms with Gasteiger partial charge in [-0.15, -0.1) is 0 Å². The Labute approximate surface area is 102 Å². The Morgan fingerprint density at radius 2 is 2.18 bits per heavy atom. The number of likely N-dealkylation sites (tertiary alicyclic amines) is 1. The highest BCUT2D eigenvalue weighted by Crippen LogP contribution is 2.08. The fourth-order valence-corrected chi connectivity index (χ4v) is 2.17. The molecule has 0 amide bonds. The van der Waals surface area contributed by atoms with Crippen molar-refractivity contribution in [3.05, 3.63) is 18.2 Å². The zero-order chi connectivity index (χ0) is 12.1. The molecule has 5 heteroatoms. The first-order chi connectivity index (χ1) is 8.29. The summed E-state index contributed by atoms with van der Waals surface area (Å²) in [7, 11) is 0. The summed E-state index contributed by atoms with van der Waals surface area (Å²) in [5.41, 5.74) is 6.34. The fourth-order valence-electron chi connectivity index (χ4n) is 2.17. The summed E-state index contributed by atoms with van der Waals surface area (Å²) in [6.45, 7) is 3.70. The Kier molecular flexibility index (Phi) is 4.28. The summed E-state index contributed by atoms with van der Waals surface area (Å²) in [5, 5.41) is 0. The van der Waals surface area contributed by atoms with Gasteiger partial charge in [-0.2, -0.15) is 0 Å². The van der Waals surface area contributed by atoms with Crippen molar-refractivity contribution in [1.82, 2.24) is 14.5 Å². The molecule has 1 aliphatic heterocycles. The van der Waals surface area contributed by atoms with Crippen LogP contribution in [0.5, 0.6) is 0 Å². The number of carbonyl (C=O) groups is 1. The van der Waals surface area contributed by atoms with E-state index in [2.05, 4.69) is 9.88 Å². The number of rotatable bonds is 5.